The fourth-order valence-electron chi connectivity index (χ4n) is 3.57. The fourth-order valence-corrected chi connectivity index (χ4v) is 4.38. The summed E-state index contributed by atoms with van der Waals surface area (Å²) >= 11 is 1.12. The van der Waals surface area contributed by atoms with Gasteiger partial charge in [-0.05, 0) is 61.0 Å². The summed E-state index contributed by atoms with van der Waals surface area (Å²) in [5.74, 6) is 0.155. The molecule has 0 bridgehead atoms. The van der Waals surface area contributed by atoms with Crippen LogP contribution in [0.3, 0.4) is 0 Å². The Hall–Kier alpha value is -4.11. The van der Waals surface area contributed by atoms with E-state index in [9.17, 15) is 14.0 Å². The molecule has 2 aliphatic rings. The van der Waals surface area contributed by atoms with Crippen molar-refractivity contribution in [1.29, 1.82) is 0 Å². The summed E-state index contributed by atoms with van der Waals surface area (Å²) in [5, 5.41) is 3.03. The minimum absolute atomic E-state index is 0.0116. The van der Waals surface area contributed by atoms with Crippen molar-refractivity contribution in [2.45, 2.75) is 6.92 Å². The van der Waals surface area contributed by atoms with Gasteiger partial charge in [0, 0.05) is 5.69 Å². The molecule has 7 nitrogen and oxygen atoms in total. The number of aliphatic imine (C=N–C) groups is 1. The topological polar surface area (TPSA) is 80.2 Å². The third kappa shape index (κ3) is 5.04. The Labute approximate surface area is 205 Å². The van der Waals surface area contributed by atoms with Gasteiger partial charge in [0.15, 0.2) is 16.7 Å². The molecule has 2 aliphatic heterocycles. The smallest absolute Gasteiger partial charge is 0.283 e. The van der Waals surface area contributed by atoms with E-state index in [1.807, 2.05) is 37.3 Å². The number of nitrogens with one attached hydrogen (secondary N) is 1. The predicted molar refractivity (Wildman–Crippen MR) is 134 cm³/mol. The number of rotatable bonds is 5. The van der Waals surface area contributed by atoms with E-state index in [4.69, 9.17) is 9.47 Å². The van der Waals surface area contributed by atoms with Gasteiger partial charge in [-0.15, -0.1) is 0 Å². The molecule has 0 saturated heterocycles. The number of amidine groups is 1. The van der Waals surface area contributed by atoms with Gasteiger partial charge >= 0.3 is 0 Å². The largest absolute Gasteiger partial charge is 0.454 e. The maximum Gasteiger partial charge on any atom is 0.283 e. The molecule has 0 radical (unpaired) electrons. The Bertz CT molecular complexity index is 1370. The first-order valence-electron chi connectivity index (χ1n) is 10.8. The average Bonchev–Trinajstić information content (AvgIpc) is 3.42. The summed E-state index contributed by atoms with van der Waals surface area (Å²) in [7, 11) is 0. The standard InChI is InChI=1S/C26H20FN3O4S/c1-16-5-8-20(9-6-16)30-25(32)21(11-17-7-10-22-23(12-17)34-15-33-22)29-26(30)35-14-24(31)28-19-4-2-3-18(27)13-19/h2-13H,14-15H2,1H3,(H,28,31)/b21-11-. The number of hydrogen-bond donors (Lipinski definition) is 1. The van der Waals surface area contributed by atoms with Crippen LogP contribution >= 0.6 is 11.8 Å². The summed E-state index contributed by atoms with van der Waals surface area (Å²) in [6.45, 7) is 2.12. The summed E-state index contributed by atoms with van der Waals surface area (Å²) in [5.41, 5.74) is 3.03. The number of anilines is 2. The van der Waals surface area contributed by atoms with Crippen LogP contribution in [0.1, 0.15) is 11.1 Å². The molecule has 2 amide bonds. The molecule has 0 spiro atoms. The van der Waals surface area contributed by atoms with Crippen LogP contribution in [0.15, 0.2) is 77.4 Å². The highest BCUT2D eigenvalue weighted by Crippen LogP contribution is 2.34. The highest BCUT2D eigenvalue weighted by molar-refractivity contribution is 8.14. The van der Waals surface area contributed by atoms with Crippen LogP contribution in [0.4, 0.5) is 15.8 Å². The summed E-state index contributed by atoms with van der Waals surface area (Å²) in [4.78, 5) is 31.8. The number of aryl methyl sites for hydroxylation is 1. The van der Waals surface area contributed by atoms with Gasteiger partial charge in [-0.25, -0.2) is 9.38 Å². The van der Waals surface area contributed by atoms with Gasteiger partial charge in [0.2, 0.25) is 12.7 Å². The minimum Gasteiger partial charge on any atom is -0.454 e. The fraction of sp³-hybridized carbons (Fsp3) is 0.115. The van der Waals surface area contributed by atoms with Crippen LogP contribution in [-0.2, 0) is 9.59 Å². The zero-order valence-corrected chi connectivity index (χ0v) is 19.5. The highest BCUT2D eigenvalue weighted by Gasteiger charge is 2.32. The van der Waals surface area contributed by atoms with Crippen molar-refractivity contribution >= 4 is 46.2 Å². The van der Waals surface area contributed by atoms with Crippen LogP contribution in [0, 0.1) is 12.7 Å². The second-order valence-corrected chi connectivity index (χ2v) is 8.80. The molecular weight excluding hydrogens is 469 g/mol. The van der Waals surface area contributed by atoms with Gasteiger partial charge in [-0.2, -0.15) is 0 Å². The normalized spacial score (nSPS) is 15.5. The molecule has 0 saturated carbocycles. The summed E-state index contributed by atoms with van der Waals surface area (Å²) < 4.78 is 24.2. The first-order valence-corrected chi connectivity index (χ1v) is 11.7. The molecule has 1 N–H and O–H groups in total. The van der Waals surface area contributed by atoms with Crippen molar-refractivity contribution in [1.82, 2.24) is 0 Å². The van der Waals surface area contributed by atoms with Crippen LogP contribution in [0.25, 0.3) is 6.08 Å². The first kappa shape index (κ1) is 22.7. The maximum atomic E-state index is 13.4. The second-order valence-electron chi connectivity index (χ2n) is 7.86. The molecule has 0 atom stereocenters. The number of ether oxygens (including phenoxy) is 2. The lowest BCUT2D eigenvalue weighted by Crippen LogP contribution is -2.31. The van der Waals surface area contributed by atoms with Crippen molar-refractivity contribution in [3.05, 3.63) is 89.4 Å². The number of carbonyl (C=O) groups excluding carboxylic acids is 2. The van der Waals surface area contributed by atoms with E-state index in [0.717, 1.165) is 22.9 Å². The van der Waals surface area contributed by atoms with Crippen molar-refractivity contribution in [2.75, 3.05) is 22.8 Å². The number of hydrogen-bond acceptors (Lipinski definition) is 6. The number of thioether (sulfide) groups is 1. The lowest BCUT2D eigenvalue weighted by Gasteiger charge is -2.18. The third-order valence-corrected chi connectivity index (χ3v) is 6.20. The van der Waals surface area contributed by atoms with Gasteiger partial charge in [0.1, 0.15) is 11.5 Å². The van der Waals surface area contributed by atoms with Crippen molar-refractivity contribution in [3.8, 4) is 11.5 Å². The zero-order valence-electron chi connectivity index (χ0n) is 18.7. The van der Waals surface area contributed by atoms with Gasteiger partial charge in [-0.1, -0.05) is 41.6 Å². The van der Waals surface area contributed by atoms with Crippen molar-refractivity contribution in [2.24, 2.45) is 4.99 Å². The van der Waals surface area contributed by atoms with E-state index in [-0.39, 0.29) is 30.1 Å². The van der Waals surface area contributed by atoms with E-state index in [1.165, 1.54) is 23.1 Å². The van der Waals surface area contributed by atoms with Crippen LogP contribution in [0.5, 0.6) is 11.5 Å². The van der Waals surface area contributed by atoms with Gasteiger partial charge in [0.05, 0.1) is 11.4 Å². The molecule has 2 heterocycles. The molecule has 0 aliphatic carbocycles. The average molecular weight is 490 g/mol. The Morgan fingerprint density at radius 1 is 1.11 bits per heavy atom. The number of halogens is 1. The SMILES string of the molecule is Cc1ccc(N2C(=O)/C(=C/c3ccc4c(c3)OCO4)N=C2SCC(=O)Nc2cccc(F)c2)cc1. The molecule has 176 valence electrons. The van der Waals surface area contributed by atoms with E-state index in [1.54, 1.807) is 24.3 Å². The monoisotopic (exact) mass is 489 g/mol. The molecule has 35 heavy (non-hydrogen) atoms. The summed E-state index contributed by atoms with van der Waals surface area (Å²) in [6, 6.07) is 18.5. The number of carbonyl (C=O) groups is 2. The predicted octanol–water partition coefficient (Wildman–Crippen LogP) is 4.98. The quantitative estimate of drug-likeness (QED) is 0.512. The van der Waals surface area contributed by atoms with E-state index in [0.29, 0.717) is 28.0 Å². The Kier molecular flexibility index (Phi) is 6.24. The minimum atomic E-state index is -0.440. The Balaban J connectivity index is 1.39. The second kappa shape index (κ2) is 9.63. The number of benzene rings is 3. The third-order valence-electron chi connectivity index (χ3n) is 5.26. The Morgan fingerprint density at radius 3 is 2.71 bits per heavy atom. The Morgan fingerprint density at radius 2 is 1.91 bits per heavy atom. The maximum absolute atomic E-state index is 13.4. The number of nitrogens with zero attached hydrogens (tertiary/aromatic N) is 2. The molecule has 0 unspecified atom stereocenters. The number of fused-ring (bicyclic) bond motifs is 1. The summed E-state index contributed by atoms with van der Waals surface area (Å²) in [6.07, 6.45) is 1.67. The molecule has 0 aromatic heterocycles. The van der Waals surface area contributed by atoms with Crippen molar-refractivity contribution in [3.63, 3.8) is 0 Å². The molecule has 9 heteroatoms. The van der Waals surface area contributed by atoms with Gasteiger partial charge in [0.25, 0.3) is 5.91 Å². The highest BCUT2D eigenvalue weighted by atomic mass is 32.2. The van der Waals surface area contributed by atoms with Crippen LogP contribution < -0.4 is 19.7 Å². The lowest BCUT2D eigenvalue weighted by atomic mass is 10.1. The molecule has 5 rings (SSSR count). The molecule has 3 aromatic carbocycles. The van der Waals surface area contributed by atoms with Gasteiger partial charge in [-0.3, -0.25) is 14.5 Å². The lowest BCUT2D eigenvalue weighted by molar-refractivity contribution is -0.114. The molecule has 0 fully saturated rings. The molecule has 3 aromatic rings. The van der Waals surface area contributed by atoms with E-state index in [2.05, 4.69) is 10.3 Å². The van der Waals surface area contributed by atoms with Crippen LogP contribution in [0.2, 0.25) is 0 Å². The zero-order chi connectivity index (χ0) is 24.4. The van der Waals surface area contributed by atoms with Crippen molar-refractivity contribution < 1.29 is 23.5 Å². The number of amides is 2. The van der Waals surface area contributed by atoms with Gasteiger partial charge < -0.3 is 14.8 Å². The first-order chi connectivity index (χ1) is 17.0. The van der Waals surface area contributed by atoms with Crippen LogP contribution in [-0.4, -0.2) is 29.5 Å². The van der Waals surface area contributed by atoms with E-state index < -0.39 is 5.82 Å². The molecular formula is C26H20FN3O4S. The van der Waals surface area contributed by atoms with E-state index >= 15 is 0 Å².